The molecule has 0 spiro atoms. The lowest BCUT2D eigenvalue weighted by molar-refractivity contribution is -0.116. The number of methoxy groups -OCH3 is 1. The fraction of sp³-hybridized carbons (Fsp3) is 0.500. The second kappa shape index (κ2) is 12.7. The van der Waals surface area contributed by atoms with Gasteiger partial charge in [-0.05, 0) is 55.7 Å². The Hall–Kier alpha value is -1.93. The molecule has 2 aromatic carbocycles. The Morgan fingerprint density at radius 1 is 1.21 bits per heavy atom. The van der Waals surface area contributed by atoms with E-state index in [9.17, 15) is 9.90 Å². The molecule has 34 heavy (non-hydrogen) atoms. The Balaban J connectivity index is 1.78. The molecular weight excluding hydrogens is 472 g/mol. The largest absolute Gasteiger partial charge is 0.497 e. The number of fused-ring (bicyclic) bond motifs is 1. The van der Waals surface area contributed by atoms with Crippen LogP contribution in [-0.4, -0.2) is 55.4 Å². The highest BCUT2D eigenvalue weighted by Crippen LogP contribution is 2.54. The highest BCUT2D eigenvalue weighted by atomic mass is 35.5. The number of anilines is 1. The van der Waals surface area contributed by atoms with Gasteiger partial charge in [0.05, 0.1) is 26.0 Å². The molecule has 0 saturated heterocycles. The van der Waals surface area contributed by atoms with E-state index in [1.807, 2.05) is 30.3 Å². The predicted octanol–water partition coefficient (Wildman–Crippen LogP) is 5.76. The first-order valence-electron chi connectivity index (χ1n) is 11.8. The third kappa shape index (κ3) is 6.19. The zero-order valence-electron chi connectivity index (χ0n) is 20.4. The van der Waals surface area contributed by atoms with Crippen molar-refractivity contribution in [3.8, 4) is 11.5 Å². The number of carbonyl (C=O) groups excluding carboxylic acids is 1. The fourth-order valence-corrected chi connectivity index (χ4v) is 6.09. The SMILES string of the molecule is CCC(CC)N(CCO)CCCOc1ccc(OC)cc1C1Sc2cc(Cl)ccc2N1C(C)=O. The van der Waals surface area contributed by atoms with Crippen LogP contribution in [0.4, 0.5) is 5.69 Å². The summed E-state index contributed by atoms with van der Waals surface area (Å²) in [5.74, 6) is 1.40. The number of thioether (sulfide) groups is 1. The Morgan fingerprint density at radius 2 is 1.97 bits per heavy atom. The molecule has 1 amide bonds. The Bertz CT molecular complexity index is 970. The summed E-state index contributed by atoms with van der Waals surface area (Å²) in [6.07, 6.45) is 2.96. The summed E-state index contributed by atoms with van der Waals surface area (Å²) in [6, 6.07) is 11.8. The van der Waals surface area contributed by atoms with Crippen LogP contribution in [0.5, 0.6) is 11.5 Å². The average molecular weight is 507 g/mol. The lowest BCUT2D eigenvalue weighted by Gasteiger charge is -2.30. The van der Waals surface area contributed by atoms with Gasteiger partial charge < -0.3 is 14.6 Å². The van der Waals surface area contributed by atoms with Crippen LogP contribution in [0.3, 0.4) is 0 Å². The number of ether oxygens (including phenoxy) is 2. The van der Waals surface area contributed by atoms with E-state index in [4.69, 9.17) is 21.1 Å². The van der Waals surface area contributed by atoms with E-state index in [2.05, 4.69) is 18.7 Å². The monoisotopic (exact) mass is 506 g/mol. The summed E-state index contributed by atoms with van der Waals surface area (Å²) in [7, 11) is 1.63. The first-order chi connectivity index (χ1) is 16.4. The summed E-state index contributed by atoms with van der Waals surface area (Å²) in [4.78, 5) is 17.7. The van der Waals surface area contributed by atoms with E-state index in [1.165, 1.54) is 0 Å². The second-order valence-electron chi connectivity index (χ2n) is 8.31. The van der Waals surface area contributed by atoms with Crippen LogP contribution in [0.2, 0.25) is 5.02 Å². The molecule has 0 aliphatic carbocycles. The highest BCUT2D eigenvalue weighted by molar-refractivity contribution is 8.00. The topological polar surface area (TPSA) is 62.2 Å². The first kappa shape index (κ1) is 26.7. The van der Waals surface area contributed by atoms with Gasteiger partial charge in [-0.15, -0.1) is 0 Å². The molecule has 1 unspecified atom stereocenters. The molecule has 1 aliphatic heterocycles. The van der Waals surface area contributed by atoms with Crippen molar-refractivity contribution in [3.63, 3.8) is 0 Å². The minimum absolute atomic E-state index is 0.0443. The van der Waals surface area contributed by atoms with Gasteiger partial charge in [-0.1, -0.05) is 37.2 Å². The summed E-state index contributed by atoms with van der Waals surface area (Å²) < 4.78 is 11.7. The Kier molecular flexibility index (Phi) is 9.95. The van der Waals surface area contributed by atoms with Crippen molar-refractivity contribution in [1.29, 1.82) is 0 Å². The van der Waals surface area contributed by atoms with Gasteiger partial charge in [0, 0.05) is 41.5 Å². The van der Waals surface area contributed by atoms with Crippen molar-refractivity contribution in [2.75, 3.05) is 38.3 Å². The molecule has 186 valence electrons. The molecule has 2 aromatic rings. The lowest BCUT2D eigenvalue weighted by Crippen LogP contribution is -2.38. The molecular formula is C26H35ClN2O4S. The van der Waals surface area contributed by atoms with Crippen molar-refractivity contribution < 1.29 is 19.4 Å². The number of benzene rings is 2. The van der Waals surface area contributed by atoms with Gasteiger partial charge >= 0.3 is 0 Å². The van der Waals surface area contributed by atoms with Crippen molar-refractivity contribution in [2.24, 2.45) is 0 Å². The quantitative estimate of drug-likeness (QED) is 0.369. The molecule has 3 rings (SSSR count). The van der Waals surface area contributed by atoms with Crippen LogP contribution in [0.1, 0.15) is 51.0 Å². The zero-order chi connectivity index (χ0) is 24.7. The number of aliphatic hydroxyl groups is 1. The normalized spacial score (nSPS) is 15.2. The lowest BCUT2D eigenvalue weighted by atomic mass is 10.1. The maximum absolute atomic E-state index is 12.6. The molecule has 0 bridgehead atoms. The molecule has 0 radical (unpaired) electrons. The summed E-state index contributed by atoms with van der Waals surface area (Å²) >= 11 is 7.80. The molecule has 0 saturated carbocycles. The predicted molar refractivity (Wildman–Crippen MR) is 139 cm³/mol. The van der Waals surface area contributed by atoms with Crippen LogP contribution in [0, 0.1) is 0 Å². The minimum atomic E-state index is -0.272. The van der Waals surface area contributed by atoms with Crippen LogP contribution in [-0.2, 0) is 4.79 Å². The third-order valence-electron chi connectivity index (χ3n) is 6.17. The zero-order valence-corrected chi connectivity index (χ0v) is 22.0. The van der Waals surface area contributed by atoms with Crippen molar-refractivity contribution in [2.45, 2.75) is 56.3 Å². The summed E-state index contributed by atoms with van der Waals surface area (Å²) in [5, 5.41) is 9.82. The standard InChI is InChI=1S/C26H35ClN2O4S/c1-5-20(6-2)28(13-14-30)12-7-15-33-24-11-9-21(32-4)17-22(24)26-29(18(3)31)23-10-8-19(27)16-25(23)34-26/h8-11,16-17,20,26,30H,5-7,12-15H2,1-4H3. The molecule has 8 heteroatoms. The maximum atomic E-state index is 12.6. The Labute approximate surface area is 212 Å². The number of hydrogen-bond donors (Lipinski definition) is 1. The summed E-state index contributed by atoms with van der Waals surface area (Å²) in [5.41, 5.74) is 1.74. The number of nitrogens with zero attached hydrogens (tertiary/aromatic N) is 2. The smallest absolute Gasteiger partial charge is 0.225 e. The Morgan fingerprint density at radius 3 is 2.62 bits per heavy atom. The minimum Gasteiger partial charge on any atom is -0.497 e. The molecule has 1 aliphatic rings. The van der Waals surface area contributed by atoms with Crippen molar-refractivity contribution >= 4 is 35.0 Å². The van der Waals surface area contributed by atoms with Crippen molar-refractivity contribution in [3.05, 3.63) is 47.0 Å². The third-order valence-corrected chi connectivity index (χ3v) is 7.67. The van der Waals surface area contributed by atoms with Gasteiger partial charge in [0.2, 0.25) is 5.91 Å². The molecule has 0 fully saturated rings. The van der Waals surface area contributed by atoms with Gasteiger partial charge in [-0.3, -0.25) is 14.6 Å². The van der Waals surface area contributed by atoms with Crippen molar-refractivity contribution in [1.82, 2.24) is 4.90 Å². The number of hydrogen-bond acceptors (Lipinski definition) is 6. The van der Waals surface area contributed by atoms with E-state index in [0.29, 0.717) is 30.0 Å². The number of aliphatic hydroxyl groups excluding tert-OH is 1. The van der Waals surface area contributed by atoms with Gasteiger partial charge in [0.25, 0.3) is 0 Å². The van der Waals surface area contributed by atoms with Crippen LogP contribution < -0.4 is 14.4 Å². The first-order valence-corrected chi connectivity index (χ1v) is 13.1. The highest BCUT2D eigenvalue weighted by Gasteiger charge is 2.36. The van der Waals surface area contributed by atoms with Gasteiger partial charge in [-0.2, -0.15) is 0 Å². The van der Waals surface area contributed by atoms with E-state index >= 15 is 0 Å². The summed E-state index contributed by atoms with van der Waals surface area (Å²) in [6.45, 7) is 8.18. The molecule has 1 N–H and O–H groups in total. The molecule has 6 nitrogen and oxygen atoms in total. The number of amides is 1. The van der Waals surface area contributed by atoms with Gasteiger partial charge in [0.15, 0.2) is 0 Å². The fourth-order valence-electron chi connectivity index (χ4n) is 4.46. The van der Waals surface area contributed by atoms with Gasteiger partial charge in [0.1, 0.15) is 16.9 Å². The second-order valence-corrected chi connectivity index (χ2v) is 9.87. The molecule has 1 heterocycles. The van der Waals surface area contributed by atoms with E-state index < -0.39 is 0 Å². The number of carbonyl (C=O) groups is 1. The van der Waals surface area contributed by atoms with E-state index in [0.717, 1.165) is 47.7 Å². The van der Waals surface area contributed by atoms with E-state index in [-0.39, 0.29) is 17.9 Å². The maximum Gasteiger partial charge on any atom is 0.225 e. The number of rotatable bonds is 12. The van der Waals surface area contributed by atoms with E-state index in [1.54, 1.807) is 36.8 Å². The number of halogens is 1. The van der Waals surface area contributed by atoms with Crippen LogP contribution in [0.15, 0.2) is 41.3 Å². The molecule has 0 aromatic heterocycles. The molecule has 1 atom stereocenters. The van der Waals surface area contributed by atoms with Crippen LogP contribution in [0.25, 0.3) is 0 Å². The van der Waals surface area contributed by atoms with Gasteiger partial charge in [-0.25, -0.2) is 0 Å². The van der Waals surface area contributed by atoms with Crippen LogP contribution >= 0.6 is 23.4 Å². The average Bonchev–Trinajstić information content (AvgIpc) is 3.21.